The molecular formula is C15H30N2O2. The zero-order valence-corrected chi connectivity index (χ0v) is 12.7. The van der Waals surface area contributed by atoms with Crippen LogP contribution in [-0.4, -0.2) is 30.2 Å². The molecule has 0 heterocycles. The molecule has 112 valence electrons. The zero-order valence-electron chi connectivity index (χ0n) is 12.7. The molecule has 1 aliphatic carbocycles. The van der Waals surface area contributed by atoms with E-state index < -0.39 is 6.10 Å². The molecule has 1 aliphatic rings. The number of nitrogens with two attached hydrogens (primary N) is 1. The third-order valence-corrected chi connectivity index (χ3v) is 3.86. The molecule has 0 aromatic heterocycles. The highest BCUT2D eigenvalue weighted by Crippen LogP contribution is 2.20. The quantitative estimate of drug-likeness (QED) is 0.728. The van der Waals surface area contributed by atoms with Gasteiger partial charge in [0.15, 0.2) is 0 Å². The molecule has 0 radical (unpaired) electrons. The number of rotatable bonds is 6. The Morgan fingerprint density at radius 3 is 2.68 bits per heavy atom. The number of amides is 1. The topological polar surface area (TPSA) is 64.3 Å². The van der Waals surface area contributed by atoms with Crippen LogP contribution in [0, 0.1) is 0 Å². The van der Waals surface area contributed by atoms with Crippen LogP contribution >= 0.6 is 0 Å². The number of hydrogen-bond donors (Lipinski definition) is 2. The molecule has 1 fully saturated rings. The lowest BCUT2D eigenvalue weighted by atomic mass is 10.1. The predicted molar refractivity (Wildman–Crippen MR) is 77.9 cm³/mol. The molecule has 4 heteroatoms. The van der Waals surface area contributed by atoms with Gasteiger partial charge in [-0.25, -0.2) is 0 Å². The number of ether oxygens (including phenoxy) is 1. The Bertz CT molecular complexity index is 271. The summed E-state index contributed by atoms with van der Waals surface area (Å²) >= 11 is 0. The Morgan fingerprint density at radius 2 is 2.00 bits per heavy atom. The summed E-state index contributed by atoms with van der Waals surface area (Å²) in [5.41, 5.74) is 6.12. The van der Waals surface area contributed by atoms with Crippen LogP contribution in [0.1, 0.15) is 65.7 Å². The first-order valence-electron chi connectivity index (χ1n) is 7.76. The third-order valence-electron chi connectivity index (χ3n) is 3.86. The van der Waals surface area contributed by atoms with Gasteiger partial charge in [0.2, 0.25) is 5.91 Å². The minimum atomic E-state index is -0.409. The Labute approximate surface area is 117 Å². The summed E-state index contributed by atoms with van der Waals surface area (Å²) in [6, 6.07) is 0.289. The number of carbonyl (C=O) groups is 1. The van der Waals surface area contributed by atoms with Crippen molar-refractivity contribution in [3.63, 3.8) is 0 Å². The van der Waals surface area contributed by atoms with Crippen molar-refractivity contribution in [2.24, 2.45) is 5.73 Å². The van der Waals surface area contributed by atoms with Gasteiger partial charge in [0, 0.05) is 12.1 Å². The van der Waals surface area contributed by atoms with Crippen LogP contribution in [0.25, 0.3) is 0 Å². The predicted octanol–water partition coefficient (Wildman–Crippen LogP) is 2.36. The SMILES string of the molecule is CCCC(C)NC(=O)C(C)OC1CCCCCC1N. The first-order valence-corrected chi connectivity index (χ1v) is 7.76. The molecule has 4 unspecified atom stereocenters. The van der Waals surface area contributed by atoms with Crippen LogP contribution in [0.3, 0.4) is 0 Å². The molecular weight excluding hydrogens is 240 g/mol. The van der Waals surface area contributed by atoms with Crippen molar-refractivity contribution >= 4 is 5.91 Å². The largest absolute Gasteiger partial charge is 0.364 e. The summed E-state index contributed by atoms with van der Waals surface area (Å²) in [7, 11) is 0. The maximum absolute atomic E-state index is 12.0. The fourth-order valence-electron chi connectivity index (χ4n) is 2.66. The Kier molecular flexibility index (Phi) is 7.39. The standard InChI is InChI=1S/C15H30N2O2/c1-4-8-11(2)17-15(18)12(3)19-14-10-7-5-6-9-13(14)16/h11-14H,4-10,16H2,1-3H3,(H,17,18). The summed E-state index contributed by atoms with van der Waals surface area (Å²) in [4.78, 5) is 12.0. The van der Waals surface area contributed by atoms with Crippen molar-refractivity contribution in [1.29, 1.82) is 0 Å². The average Bonchev–Trinajstić information content (AvgIpc) is 2.55. The van der Waals surface area contributed by atoms with E-state index in [1.54, 1.807) is 0 Å². The summed E-state index contributed by atoms with van der Waals surface area (Å²) in [6.45, 7) is 5.98. The number of carbonyl (C=O) groups excluding carboxylic acids is 1. The monoisotopic (exact) mass is 270 g/mol. The highest BCUT2D eigenvalue weighted by Gasteiger charge is 2.25. The van der Waals surface area contributed by atoms with Crippen molar-refractivity contribution < 1.29 is 9.53 Å². The van der Waals surface area contributed by atoms with Gasteiger partial charge in [-0.15, -0.1) is 0 Å². The van der Waals surface area contributed by atoms with Crippen molar-refractivity contribution in [3.8, 4) is 0 Å². The van der Waals surface area contributed by atoms with E-state index in [9.17, 15) is 4.79 Å². The van der Waals surface area contributed by atoms with Crippen LogP contribution in [-0.2, 0) is 9.53 Å². The van der Waals surface area contributed by atoms with Gasteiger partial charge in [0.25, 0.3) is 0 Å². The van der Waals surface area contributed by atoms with Crippen LogP contribution in [0.4, 0.5) is 0 Å². The highest BCUT2D eigenvalue weighted by atomic mass is 16.5. The molecule has 4 nitrogen and oxygen atoms in total. The van der Waals surface area contributed by atoms with Gasteiger partial charge < -0.3 is 15.8 Å². The van der Waals surface area contributed by atoms with Gasteiger partial charge in [-0.1, -0.05) is 32.6 Å². The van der Waals surface area contributed by atoms with Crippen LogP contribution in [0.5, 0.6) is 0 Å². The molecule has 0 bridgehead atoms. The molecule has 0 aromatic rings. The molecule has 0 spiro atoms. The zero-order chi connectivity index (χ0) is 14.3. The fraction of sp³-hybridized carbons (Fsp3) is 0.933. The van der Waals surface area contributed by atoms with Crippen LogP contribution in [0.15, 0.2) is 0 Å². The molecule has 0 aromatic carbocycles. The second-order valence-electron chi connectivity index (χ2n) is 5.82. The van der Waals surface area contributed by atoms with Crippen molar-refractivity contribution in [1.82, 2.24) is 5.32 Å². The van der Waals surface area contributed by atoms with Crippen molar-refractivity contribution in [2.75, 3.05) is 0 Å². The van der Waals surface area contributed by atoms with Gasteiger partial charge in [-0.3, -0.25) is 4.79 Å². The van der Waals surface area contributed by atoms with E-state index in [0.717, 1.165) is 32.1 Å². The molecule has 19 heavy (non-hydrogen) atoms. The van der Waals surface area contributed by atoms with E-state index in [0.29, 0.717) is 0 Å². The number of hydrogen-bond acceptors (Lipinski definition) is 3. The van der Waals surface area contributed by atoms with E-state index in [2.05, 4.69) is 12.2 Å². The summed E-state index contributed by atoms with van der Waals surface area (Å²) in [6.07, 6.45) is 7.23. The molecule has 4 atom stereocenters. The first-order chi connectivity index (χ1) is 9.04. The molecule has 1 amide bonds. The maximum Gasteiger partial charge on any atom is 0.249 e. The molecule has 0 saturated heterocycles. The van der Waals surface area contributed by atoms with Gasteiger partial charge in [0.05, 0.1) is 6.10 Å². The van der Waals surface area contributed by atoms with Gasteiger partial charge >= 0.3 is 0 Å². The Balaban J connectivity index is 2.39. The van der Waals surface area contributed by atoms with E-state index in [1.165, 1.54) is 12.8 Å². The van der Waals surface area contributed by atoms with Crippen LogP contribution < -0.4 is 11.1 Å². The third kappa shape index (κ3) is 5.91. The number of nitrogens with one attached hydrogen (secondary N) is 1. The normalized spacial score (nSPS) is 27.4. The minimum absolute atomic E-state index is 0.0163. The van der Waals surface area contributed by atoms with Gasteiger partial charge in [0.1, 0.15) is 6.10 Å². The molecule has 1 saturated carbocycles. The lowest BCUT2D eigenvalue weighted by Gasteiger charge is -2.26. The summed E-state index contributed by atoms with van der Waals surface area (Å²) < 4.78 is 5.89. The molecule has 3 N–H and O–H groups in total. The maximum atomic E-state index is 12.0. The lowest BCUT2D eigenvalue weighted by Crippen LogP contribution is -2.44. The van der Waals surface area contributed by atoms with Gasteiger partial charge in [-0.05, 0) is 33.1 Å². The Hall–Kier alpha value is -0.610. The van der Waals surface area contributed by atoms with Crippen molar-refractivity contribution in [2.45, 2.75) is 90.0 Å². The second-order valence-corrected chi connectivity index (χ2v) is 5.82. The van der Waals surface area contributed by atoms with E-state index in [-0.39, 0.29) is 24.1 Å². The fourth-order valence-corrected chi connectivity index (χ4v) is 2.66. The van der Waals surface area contributed by atoms with Crippen LogP contribution in [0.2, 0.25) is 0 Å². The summed E-state index contributed by atoms with van der Waals surface area (Å²) in [5.74, 6) is -0.0163. The smallest absolute Gasteiger partial charge is 0.249 e. The lowest BCUT2D eigenvalue weighted by molar-refractivity contribution is -0.137. The first kappa shape index (κ1) is 16.4. The second kappa shape index (κ2) is 8.54. The van der Waals surface area contributed by atoms with E-state index in [1.807, 2.05) is 13.8 Å². The minimum Gasteiger partial charge on any atom is -0.364 e. The highest BCUT2D eigenvalue weighted by molar-refractivity contribution is 5.80. The average molecular weight is 270 g/mol. The van der Waals surface area contributed by atoms with E-state index >= 15 is 0 Å². The molecule has 1 rings (SSSR count). The molecule has 0 aliphatic heterocycles. The summed E-state index contributed by atoms with van der Waals surface area (Å²) in [5, 5.41) is 3.00. The van der Waals surface area contributed by atoms with Gasteiger partial charge in [-0.2, -0.15) is 0 Å². The van der Waals surface area contributed by atoms with Crippen molar-refractivity contribution in [3.05, 3.63) is 0 Å². The van der Waals surface area contributed by atoms with E-state index in [4.69, 9.17) is 10.5 Å². The Morgan fingerprint density at radius 1 is 1.32 bits per heavy atom.